The highest BCUT2D eigenvalue weighted by atomic mass is 16.3. The summed E-state index contributed by atoms with van der Waals surface area (Å²) in [6.45, 7) is 0. The van der Waals surface area contributed by atoms with Gasteiger partial charge in [-0.2, -0.15) is 0 Å². The fraction of sp³-hybridized carbons (Fsp3) is 0. The first-order valence-electron chi connectivity index (χ1n) is 21.5. The molecule has 2 aromatic heterocycles. The van der Waals surface area contributed by atoms with Gasteiger partial charge in [0, 0.05) is 49.7 Å². The van der Waals surface area contributed by atoms with Crippen molar-refractivity contribution in [1.82, 2.24) is 4.57 Å². The first kappa shape index (κ1) is 36.5. The Kier molecular flexibility index (Phi) is 8.83. The second-order valence-corrected chi connectivity index (χ2v) is 16.1. The van der Waals surface area contributed by atoms with E-state index in [1.807, 2.05) is 12.1 Å². The van der Waals surface area contributed by atoms with Crippen LogP contribution in [0.4, 0.5) is 17.1 Å². The Hall–Kier alpha value is -8.40. The van der Waals surface area contributed by atoms with Crippen molar-refractivity contribution in [3.63, 3.8) is 0 Å². The molecule has 0 fully saturated rings. The van der Waals surface area contributed by atoms with E-state index in [2.05, 4.69) is 240 Å². The molecule has 12 rings (SSSR count). The van der Waals surface area contributed by atoms with E-state index < -0.39 is 0 Å². The van der Waals surface area contributed by atoms with Crippen LogP contribution in [-0.4, -0.2) is 4.57 Å². The standard InChI is InChI=1S/C60H40N2O/c1-2-19-47(20-3-1)61(49-37-33-42(34-38-49)44-16-13-18-46(40-44)51-25-14-26-55-54-24-7-11-30-59(54)63-60(51)55)48-35-31-41(32-36-48)43-15-12-17-45(39-43)50-21-4-8-27-56(50)62-57-28-9-5-22-52(57)53-23-6-10-29-58(53)62/h1-40H. The van der Waals surface area contributed by atoms with Gasteiger partial charge in [0.2, 0.25) is 0 Å². The third-order valence-electron chi connectivity index (χ3n) is 12.4. The summed E-state index contributed by atoms with van der Waals surface area (Å²) in [5.74, 6) is 0. The Morgan fingerprint density at radius 1 is 0.302 bits per heavy atom. The number of benzene rings is 10. The maximum absolute atomic E-state index is 6.40. The number of aromatic nitrogens is 1. The quantitative estimate of drug-likeness (QED) is 0.153. The Morgan fingerprint density at radius 3 is 1.41 bits per heavy atom. The zero-order valence-electron chi connectivity index (χ0n) is 34.4. The van der Waals surface area contributed by atoms with Crippen LogP contribution >= 0.6 is 0 Å². The fourth-order valence-corrected chi connectivity index (χ4v) is 9.43. The predicted octanol–water partition coefficient (Wildman–Crippen LogP) is 16.8. The number of para-hydroxylation sites is 6. The zero-order valence-corrected chi connectivity index (χ0v) is 34.4. The lowest BCUT2D eigenvalue weighted by Crippen LogP contribution is -2.09. The summed E-state index contributed by atoms with van der Waals surface area (Å²) < 4.78 is 8.81. The largest absolute Gasteiger partial charge is 0.455 e. The molecule has 3 nitrogen and oxygen atoms in total. The molecule has 0 aliphatic rings. The SMILES string of the molecule is c1ccc(N(c2ccc(-c3cccc(-c4ccccc4-n4c5ccccc5c5ccccc54)c3)cc2)c2ccc(-c3cccc(-c4cccc5c4oc4ccccc45)c3)cc2)cc1. The highest BCUT2D eigenvalue weighted by molar-refractivity contribution is 6.11. The molecule has 0 bridgehead atoms. The lowest BCUT2D eigenvalue weighted by Gasteiger charge is -2.26. The minimum atomic E-state index is 0.909. The molecule has 0 N–H and O–H groups in total. The molecule has 0 saturated carbocycles. The second kappa shape index (κ2) is 15.3. The molecule has 63 heavy (non-hydrogen) atoms. The summed E-state index contributed by atoms with van der Waals surface area (Å²) in [5, 5.41) is 4.80. The van der Waals surface area contributed by atoms with Crippen molar-refractivity contribution in [2.24, 2.45) is 0 Å². The van der Waals surface area contributed by atoms with E-state index in [0.29, 0.717) is 0 Å². The third kappa shape index (κ3) is 6.38. The number of rotatable bonds is 8. The molecule has 296 valence electrons. The Labute approximate surface area is 366 Å². The van der Waals surface area contributed by atoms with Crippen LogP contribution in [-0.2, 0) is 0 Å². The smallest absolute Gasteiger partial charge is 0.143 e. The molecule has 0 amide bonds. The van der Waals surface area contributed by atoms with Gasteiger partial charge in [0.05, 0.1) is 16.7 Å². The van der Waals surface area contributed by atoms with Crippen molar-refractivity contribution >= 4 is 60.8 Å². The third-order valence-corrected chi connectivity index (χ3v) is 12.4. The van der Waals surface area contributed by atoms with Gasteiger partial charge >= 0.3 is 0 Å². The van der Waals surface area contributed by atoms with Crippen LogP contribution in [0, 0.1) is 0 Å². The van der Waals surface area contributed by atoms with E-state index >= 15 is 0 Å². The highest BCUT2D eigenvalue weighted by Crippen LogP contribution is 2.41. The summed E-state index contributed by atoms with van der Waals surface area (Å²) in [5.41, 5.74) is 17.9. The number of anilines is 3. The summed E-state index contributed by atoms with van der Waals surface area (Å²) in [6.07, 6.45) is 0. The normalized spacial score (nSPS) is 11.5. The van der Waals surface area contributed by atoms with Crippen molar-refractivity contribution in [3.8, 4) is 50.2 Å². The monoisotopic (exact) mass is 804 g/mol. The molecule has 0 aliphatic carbocycles. The van der Waals surface area contributed by atoms with Gasteiger partial charge < -0.3 is 13.9 Å². The predicted molar refractivity (Wildman–Crippen MR) is 264 cm³/mol. The van der Waals surface area contributed by atoms with Crippen molar-refractivity contribution in [1.29, 1.82) is 0 Å². The molecule has 0 saturated heterocycles. The van der Waals surface area contributed by atoms with Gasteiger partial charge in [0.1, 0.15) is 11.2 Å². The van der Waals surface area contributed by atoms with Crippen molar-refractivity contribution in [3.05, 3.63) is 243 Å². The van der Waals surface area contributed by atoms with Gasteiger partial charge in [0.15, 0.2) is 0 Å². The van der Waals surface area contributed by atoms with Gasteiger partial charge in [-0.3, -0.25) is 0 Å². The van der Waals surface area contributed by atoms with Crippen LogP contribution in [0.15, 0.2) is 247 Å². The van der Waals surface area contributed by atoms with E-state index in [0.717, 1.165) is 66.8 Å². The van der Waals surface area contributed by atoms with Crippen molar-refractivity contribution < 1.29 is 4.42 Å². The zero-order chi connectivity index (χ0) is 41.7. The molecular formula is C60H40N2O. The van der Waals surface area contributed by atoms with E-state index in [1.54, 1.807) is 0 Å². The van der Waals surface area contributed by atoms with Crippen molar-refractivity contribution in [2.75, 3.05) is 4.90 Å². The molecule has 10 aromatic carbocycles. The molecule has 0 aliphatic heterocycles. The number of nitrogens with zero attached hydrogens (tertiary/aromatic N) is 2. The van der Waals surface area contributed by atoms with Crippen LogP contribution in [0.2, 0.25) is 0 Å². The second-order valence-electron chi connectivity index (χ2n) is 16.1. The molecule has 0 radical (unpaired) electrons. The first-order valence-corrected chi connectivity index (χ1v) is 21.5. The Bertz CT molecular complexity index is 3560. The number of hydrogen-bond donors (Lipinski definition) is 0. The van der Waals surface area contributed by atoms with Crippen LogP contribution in [0.5, 0.6) is 0 Å². The maximum Gasteiger partial charge on any atom is 0.143 e. The summed E-state index contributed by atoms with van der Waals surface area (Å²) in [4.78, 5) is 2.32. The van der Waals surface area contributed by atoms with Crippen molar-refractivity contribution in [2.45, 2.75) is 0 Å². The minimum Gasteiger partial charge on any atom is -0.455 e. The average molecular weight is 805 g/mol. The van der Waals surface area contributed by atoms with E-state index in [1.165, 1.54) is 44.2 Å². The average Bonchev–Trinajstić information content (AvgIpc) is 3.91. The van der Waals surface area contributed by atoms with E-state index in [9.17, 15) is 0 Å². The number of hydrogen-bond acceptors (Lipinski definition) is 2. The van der Waals surface area contributed by atoms with E-state index in [-0.39, 0.29) is 0 Å². The van der Waals surface area contributed by atoms with Gasteiger partial charge in [-0.1, -0.05) is 170 Å². The van der Waals surface area contributed by atoms with Crippen LogP contribution in [0.25, 0.3) is 93.9 Å². The maximum atomic E-state index is 6.40. The first-order chi connectivity index (χ1) is 31.2. The van der Waals surface area contributed by atoms with Gasteiger partial charge in [-0.25, -0.2) is 0 Å². The summed E-state index contributed by atoms with van der Waals surface area (Å²) in [6, 6.07) is 87.0. The van der Waals surface area contributed by atoms with Gasteiger partial charge in [-0.15, -0.1) is 0 Å². The molecule has 12 aromatic rings. The summed E-state index contributed by atoms with van der Waals surface area (Å²) in [7, 11) is 0. The minimum absolute atomic E-state index is 0.909. The molecule has 2 heterocycles. The fourth-order valence-electron chi connectivity index (χ4n) is 9.43. The van der Waals surface area contributed by atoms with Gasteiger partial charge in [0.25, 0.3) is 0 Å². The topological polar surface area (TPSA) is 21.3 Å². The number of fused-ring (bicyclic) bond motifs is 6. The molecule has 0 unspecified atom stereocenters. The Balaban J connectivity index is 0.864. The lowest BCUT2D eigenvalue weighted by molar-refractivity contribution is 0.670. The van der Waals surface area contributed by atoms with Crippen LogP contribution < -0.4 is 4.90 Å². The summed E-state index contributed by atoms with van der Waals surface area (Å²) >= 11 is 0. The molecule has 0 spiro atoms. The molecule has 0 atom stereocenters. The molecule has 3 heteroatoms. The van der Waals surface area contributed by atoms with Crippen LogP contribution in [0.3, 0.4) is 0 Å². The number of furan rings is 1. The Morgan fingerprint density at radius 2 is 0.762 bits per heavy atom. The van der Waals surface area contributed by atoms with Gasteiger partial charge in [-0.05, 0) is 106 Å². The highest BCUT2D eigenvalue weighted by Gasteiger charge is 2.17. The molecular weight excluding hydrogens is 765 g/mol. The lowest BCUT2D eigenvalue weighted by atomic mass is 9.97. The van der Waals surface area contributed by atoms with Crippen LogP contribution in [0.1, 0.15) is 0 Å². The van der Waals surface area contributed by atoms with E-state index in [4.69, 9.17) is 4.42 Å².